The number of carbonyl (C=O) groups is 1. The third-order valence-electron chi connectivity index (χ3n) is 6.61. The summed E-state index contributed by atoms with van der Waals surface area (Å²) in [7, 11) is 0. The monoisotopic (exact) mass is 426 g/mol. The average molecular weight is 427 g/mol. The molecule has 166 valence electrons. The molecule has 1 amide bonds. The molecule has 1 heterocycles. The summed E-state index contributed by atoms with van der Waals surface area (Å²) < 4.78 is 0. The summed E-state index contributed by atoms with van der Waals surface area (Å²) in [6.07, 6.45) is 0. The minimum Gasteiger partial charge on any atom is -0.336 e. The number of carbonyl (C=O) groups excluding carboxylic acids is 1. The molecule has 3 aromatic rings. The van der Waals surface area contributed by atoms with Crippen molar-refractivity contribution in [3.63, 3.8) is 0 Å². The summed E-state index contributed by atoms with van der Waals surface area (Å²) in [6.45, 7) is 10.1. The maximum absolute atomic E-state index is 13.3. The van der Waals surface area contributed by atoms with Crippen LogP contribution in [0.3, 0.4) is 0 Å². The van der Waals surface area contributed by atoms with Crippen LogP contribution in [0.25, 0.3) is 0 Å². The Bertz CT molecular complexity index is 998. The van der Waals surface area contributed by atoms with Gasteiger partial charge in [0.15, 0.2) is 0 Å². The van der Waals surface area contributed by atoms with Crippen LogP contribution in [0.1, 0.15) is 46.8 Å². The van der Waals surface area contributed by atoms with Gasteiger partial charge in [0.05, 0.1) is 0 Å². The first kappa shape index (κ1) is 22.3. The molecule has 2 atom stereocenters. The average Bonchev–Trinajstić information content (AvgIpc) is 3.20. The highest BCUT2D eigenvalue weighted by molar-refractivity contribution is 5.94. The van der Waals surface area contributed by atoms with E-state index in [0.717, 1.165) is 31.7 Å². The van der Waals surface area contributed by atoms with Crippen molar-refractivity contribution in [1.29, 1.82) is 0 Å². The van der Waals surface area contributed by atoms with E-state index in [1.165, 1.54) is 16.7 Å². The van der Waals surface area contributed by atoms with E-state index in [1.807, 2.05) is 30.3 Å². The molecule has 1 fully saturated rings. The van der Waals surface area contributed by atoms with Gasteiger partial charge in [-0.2, -0.15) is 0 Å². The molecule has 0 bridgehead atoms. The highest BCUT2D eigenvalue weighted by Crippen LogP contribution is 2.35. The first-order valence-corrected chi connectivity index (χ1v) is 11.7. The van der Waals surface area contributed by atoms with Gasteiger partial charge in [-0.25, -0.2) is 0 Å². The Morgan fingerprint density at radius 2 is 1.53 bits per heavy atom. The third kappa shape index (κ3) is 5.28. The molecular formula is C29H34N2O. The molecule has 3 nitrogen and oxygen atoms in total. The standard InChI is InChI=1S/C29H34N2O/c1-22(2)31(29(32)26-12-8-5-9-13-26)20-27-19-30(18-24-10-6-4-7-11-24)21-28(27)25-16-14-23(3)15-17-25/h4-17,22,27-28H,18-21H2,1-3H3. The minimum atomic E-state index is 0.129. The smallest absolute Gasteiger partial charge is 0.254 e. The van der Waals surface area contributed by atoms with E-state index >= 15 is 0 Å². The van der Waals surface area contributed by atoms with Crippen LogP contribution >= 0.6 is 0 Å². The molecule has 1 aliphatic heterocycles. The Morgan fingerprint density at radius 1 is 0.906 bits per heavy atom. The molecule has 3 aromatic carbocycles. The van der Waals surface area contributed by atoms with Gasteiger partial charge < -0.3 is 4.90 Å². The number of hydrogen-bond acceptors (Lipinski definition) is 2. The summed E-state index contributed by atoms with van der Waals surface area (Å²) >= 11 is 0. The maximum atomic E-state index is 13.3. The highest BCUT2D eigenvalue weighted by Gasteiger charge is 2.36. The van der Waals surface area contributed by atoms with Gasteiger partial charge in [0, 0.05) is 43.7 Å². The van der Waals surface area contributed by atoms with Gasteiger partial charge in [0.1, 0.15) is 0 Å². The second-order valence-electron chi connectivity index (χ2n) is 9.37. The molecule has 3 heteroatoms. The topological polar surface area (TPSA) is 23.6 Å². The van der Waals surface area contributed by atoms with Gasteiger partial charge in [0.2, 0.25) is 0 Å². The fourth-order valence-corrected chi connectivity index (χ4v) is 4.84. The van der Waals surface area contributed by atoms with Crippen LogP contribution in [0, 0.1) is 12.8 Å². The predicted molar refractivity (Wildman–Crippen MR) is 132 cm³/mol. The molecule has 0 aliphatic carbocycles. The lowest BCUT2D eigenvalue weighted by Gasteiger charge is -2.32. The van der Waals surface area contributed by atoms with E-state index in [2.05, 4.69) is 85.2 Å². The van der Waals surface area contributed by atoms with Crippen LogP contribution in [0.15, 0.2) is 84.9 Å². The van der Waals surface area contributed by atoms with Gasteiger partial charge in [-0.3, -0.25) is 9.69 Å². The molecule has 4 rings (SSSR count). The Hall–Kier alpha value is -2.91. The van der Waals surface area contributed by atoms with Crippen molar-refractivity contribution in [1.82, 2.24) is 9.80 Å². The van der Waals surface area contributed by atoms with Crippen molar-refractivity contribution < 1.29 is 4.79 Å². The zero-order valence-corrected chi connectivity index (χ0v) is 19.4. The number of amides is 1. The second kappa shape index (κ2) is 10.1. The van der Waals surface area contributed by atoms with Gasteiger partial charge in [-0.15, -0.1) is 0 Å². The summed E-state index contributed by atoms with van der Waals surface area (Å²) in [6, 6.07) is 29.5. The van der Waals surface area contributed by atoms with Crippen LogP contribution in [0.5, 0.6) is 0 Å². The van der Waals surface area contributed by atoms with Crippen molar-refractivity contribution in [2.75, 3.05) is 19.6 Å². The number of rotatable bonds is 7. The van der Waals surface area contributed by atoms with Crippen molar-refractivity contribution in [2.24, 2.45) is 5.92 Å². The fourth-order valence-electron chi connectivity index (χ4n) is 4.84. The summed E-state index contributed by atoms with van der Waals surface area (Å²) in [4.78, 5) is 18.0. The number of benzene rings is 3. The maximum Gasteiger partial charge on any atom is 0.254 e. The molecular weight excluding hydrogens is 392 g/mol. The molecule has 0 saturated carbocycles. The quantitative estimate of drug-likeness (QED) is 0.479. The van der Waals surface area contributed by atoms with E-state index in [9.17, 15) is 4.79 Å². The van der Waals surface area contributed by atoms with E-state index in [0.29, 0.717) is 11.8 Å². The Kier molecular flexibility index (Phi) is 7.06. The van der Waals surface area contributed by atoms with Crippen LogP contribution in [0.2, 0.25) is 0 Å². The van der Waals surface area contributed by atoms with Gasteiger partial charge in [0.25, 0.3) is 5.91 Å². The third-order valence-corrected chi connectivity index (χ3v) is 6.61. The van der Waals surface area contributed by atoms with Crippen molar-refractivity contribution in [3.8, 4) is 0 Å². The van der Waals surface area contributed by atoms with E-state index in [4.69, 9.17) is 0 Å². The summed E-state index contributed by atoms with van der Waals surface area (Å²) in [5.41, 5.74) is 4.78. The molecule has 0 N–H and O–H groups in total. The molecule has 0 radical (unpaired) electrons. The lowest BCUT2D eigenvalue weighted by atomic mass is 9.88. The van der Waals surface area contributed by atoms with Crippen LogP contribution in [0.4, 0.5) is 0 Å². The SMILES string of the molecule is Cc1ccc(C2CN(Cc3ccccc3)CC2CN(C(=O)c2ccccc2)C(C)C)cc1. The number of nitrogens with zero attached hydrogens (tertiary/aromatic N) is 2. The van der Waals surface area contributed by atoms with E-state index < -0.39 is 0 Å². The normalized spacial score (nSPS) is 18.8. The largest absolute Gasteiger partial charge is 0.336 e. The lowest BCUT2D eigenvalue weighted by molar-refractivity contribution is 0.0668. The highest BCUT2D eigenvalue weighted by atomic mass is 16.2. The summed E-state index contributed by atoms with van der Waals surface area (Å²) in [5.74, 6) is 0.949. The van der Waals surface area contributed by atoms with E-state index in [-0.39, 0.29) is 11.9 Å². The Balaban J connectivity index is 1.57. The first-order valence-electron chi connectivity index (χ1n) is 11.7. The molecule has 2 unspecified atom stereocenters. The second-order valence-corrected chi connectivity index (χ2v) is 9.37. The van der Waals surface area contributed by atoms with Gasteiger partial charge in [-0.1, -0.05) is 78.4 Å². The zero-order valence-electron chi connectivity index (χ0n) is 19.4. The number of hydrogen-bond donors (Lipinski definition) is 0. The van der Waals surface area contributed by atoms with Crippen molar-refractivity contribution in [3.05, 3.63) is 107 Å². The minimum absolute atomic E-state index is 0.129. The van der Waals surface area contributed by atoms with E-state index in [1.54, 1.807) is 0 Å². The lowest BCUT2D eigenvalue weighted by Crippen LogP contribution is -2.42. The molecule has 0 aromatic heterocycles. The van der Waals surface area contributed by atoms with Gasteiger partial charge >= 0.3 is 0 Å². The number of likely N-dealkylation sites (tertiary alicyclic amines) is 1. The fraction of sp³-hybridized carbons (Fsp3) is 0.345. The first-order chi connectivity index (χ1) is 15.5. The Morgan fingerprint density at radius 3 is 2.16 bits per heavy atom. The van der Waals surface area contributed by atoms with Crippen LogP contribution < -0.4 is 0 Å². The molecule has 1 saturated heterocycles. The predicted octanol–water partition coefficient (Wildman–Crippen LogP) is 5.76. The number of aryl methyl sites for hydroxylation is 1. The molecule has 1 aliphatic rings. The molecule has 0 spiro atoms. The Labute approximate surface area is 192 Å². The van der Waals surface area contributed by atoms with Crippen LogP contribution in [-0.2, 0) is 6.54 Å². The van der Waals surface area contributed by atoms with Gasteiger partial charge in [-0.05, 0) is 49.9 Å². The molecule has 32 heavy (non-hydrogen) atoms. The van der Waals surface area contributed by atoms with Crippen molar-refractivity contribution in [2.45, 2.75) is 39.3 Å². The summed E-state index contributed by atoms with van der Waals surface area (Å²) in [5, 5.41) is 0. The van der Waals surface area contributed by atoms with Crippen LogP contribution in [-0.4, -0.2) is 41.4 Å². The van der Waals surface area contributed by atoms with Crippen molar-refractivity contribution >= 4 is 5.91 Å². The zero-order chi connectivity index (χ0) is 22.5.